The highest BCUT2D eigenvalue weighted by atomic mass is 35.5. The van der Waals surface area contributed by atoms with Crippen LogP contribution in [0.1, 0.15) is 76.8 Å². The van der Waals surface area contributed by atoms with Crippen LogP contribution in [0.5, 0.6) is 0 Å². The SMILES string of the molecule is C[C@H](N)C(=O)O[C@H]1CC[C@H](NC(=O)[C@@H]2N[C@H](CC(C)(C)C)[C@]3(C(=O)Nc4cc(Cl)ccc43)[C@H]2c2cccc(Cl)c2F)CC1. The highest BCUT2D eigenvalue weighted by Crippen LogP contribution is 2.57. The summed E-state index contributed by atoms with van der Waals surface area (Å²) in [6.45, 7) is 7.78. The van der Waals surface area contributed by atoms with Crippen LogP contribution in [0.3, 0.4) is 0 Å². The Labute approximate surface area is 261 Å². The Kier molecular flexibility index (Phi) is 8.84. The van der Waals surface area contributed by atoms with Crippen molar-refractivity contribution in [1.29, 1.82) is 0 Å². The zero-order valence-corrected chi connectivity index (χ0v) is 26.3. The van der Waals surface area contributed by atoms with Crippen LogP contribution >= 0.6 is 23.2 Å². The lowest BCUT2D eigenvalue weighted by molar-refractivity contribution is -0.152. The van der Waals surface area contributed by atoms with Gasteiger partial charge in [0.2, 0.25) is 11.8 Å². The highest BCUT2D eigenvalue weighted by Gasteiger charge is 2.66. The Morgan fingerprint density at radius 2 is 1.86 bits per heavy atom. The molecule has 0 radical (unpaired) electrons. The summed E-state index contributed by atoms with van der Waals surface area (Å²) in [5, 5.41) is 10.0. The average Bonchev–Trinajstić information content (AvgIpc) is 3.40. The lowest BCUT2D eigenvalue weighted by Crippen LogP contribution is -2.50. The van der Waals surface area contributed by atoms with E-state index in [1.807, 2.05) is 0 Å². The number of carbonyl (C=O) groups excluding carboxylic acids is 3. The molecule has 11 heteroatoms. The predicted octanol–water partition coefficient (Wildman–Crippen LogP) is 5.20. The summed E-state index contributed by atoms with van der Waals surface area (Å²) in [4.78, 5) is 40.4. The minimum Gasteiger partial charge on any atom is -0.461 e. The van der Waals surface area contributed by atoms with Gasteiger partial charge in [-0.2, -0.15) is 0 Å². The molecular formula is C32H39Cl2FN4O4. The second-order valence-corrected chi connectivity index (χ2v) is 14.1. The Balaban J connectivity index is 1.52. The van der Waals surface area contributed by atoms with Crippen molar-refractivity contribution in [2.24, 2.45) is 11.1 Å². The summed E-state index contributed by atoms with van der Waals surface area (Å²) >= 11 is 12.6. The van der Waals surface area contributed by atoms with E-state index in [9.17, 15) is 14.4 Å². The first kappa shape index (κ1) is 31.7. The van der Waals surface area contributed by atoms with Gasteiger partial charge in [-0.05, 0) is 73.8 Å². The highest BCUT2D eigenvalue weighted by molar-refractivity contribution is 6.31. The Morgan fingerprint density at radius 1 is 1.16 bits per heavy atom. The third-order valence-corrected chi connectivity index (χ3v) is 9.42. The number of carbonyl (C=O) groups is 3. The lowest BCUT2D eigenvalue weighted by atomic mass is 9.62. The fourth-order valence-corrected chi connectivity index (χ4v) is 7.39. The number of anilines is 1. The maximum absolute atomic E-state index is 15.9. The Morgan fingerprint density at radius 3 is 2.51 bits per heavy atom. The van der Waals surface area contributed by atoms with Crippen LogP contribution < -0.4 is 21.7 Å². The number of ether oxygens (including phenoxy) is 1. The van der Waals surface area contributed by atoms with Crippen molar-refractivity contribution in [2.45, 2.75) is 101 Å². The van der Waals surface area contributed by atoms with Crippen molar-refractivity contribution in [3.63, 3.8) is 0 Å². The van der Waals surface area contributed by atoms with Crippen LogP contribution in [-0.4, -0.2) is 48.1 Å². The van der Waals surface area contributed by atoms with Crippen LogP contribution in [-0.2, 0) is 24.5 Å². The van der Waals surface area contributed by atoms with Crippen molar-refractivity contribution >= 4 is 46.7 Å². The molecule has 3 aliphatic rings. The minimum absolute atomic E-state index is 0.0829. The monoisotopic (exact) mass is 632 g/mol. The van der Waals surface area contributed by atoms with Gasteiger partial charge in [-0.25, -0.2) is 4.39 Å². The number of halogens is 3. The molecular weight excluding hydrogens is 594 g/mol. The normalized spacial score (nSPS) is 29.2. The van der Waals surface area contributed by atoms with Gasteiger partial charge in [-0.15, -0.1) is 0 Å². The number of fused-ring (bicyclic) bond motifs is 2. The van der Waals surface area contributed by atoms with Crippen molar-refractivity contribution in [3.05, 3.63) is 63.4 Å². The molecule has 43 heavy (non-hydrogen) atoms. The van der Waals surface area contributed by atoms with Crippen LogP contribution in [0.2, 0.25) is 10.0 Å². The number of rotatable bonds is 6. The zero-order chi connectivity index (χ0) is 31.3. The molecule has 1 saturated heterocycles. The number of nitrogens with two attached hydrogens (primary N) is 1. The van der Waals surface area contributed by atoms with E-state index in [4.69, 9.17) is 33.7 Å². The van der Waals surface area contributed by atoms with Gasteiger partial charge in [-0.1, -0.05) is 62.2 Å². The van der Waals surface area contributed by atoms with E-state index in [1.165, 1.54) is 6.07 Å². The van der Waals surface area contributed by atoms with E-state index in [1.54, 1.807) is 37.3 Å². The minimum atomic E-state index is -1.31. The average molecular weight is 634 g/mol. The molecule has 2 aromatic carbocycles. The van der Waals surface area contributed by atoms with Gasteiger partial charge in [0.05, 0.1) is 11.1 Å². The third-order valence-electron chi connectivity index (χ3n) is 8.90. The Bertz CT molecular complexity index is 1420. The molecule has 1 aliphatic carbocycles. The standard InChI is InChI=1S/C32H39Cl2FN4O4/c1-16(36)29(41)43-19-11-9-18(10-12-19)37-28(40)27-25(20-6-5-7-22(34)26(20)35)32(24(39-27)15-31(2,3)4)21-13-8-17(33)14-23(21)38-30(32)42/h5-8,13-14,16,18-19,24-25,27,39H,9-12,15,36H2,1-4H3,(H,37,40)(H,38,42)/t16-,18-,19-,24+,25-,27+,32-/m0/s1. The van der Waals surface area contributed by atoms with Gasteiger partial charge in [0, 0.05) is 28.7 Å². The second kappa shape index (κ2) is 12.0. The molecule has 2 fully saturated rings. The van der Waals surface area contributed by atoms with Gasteiger partial charge in [-0.3, -0.25) is 14.4 Å². The number of hydrogen-bond donors (Lipinski definition) is 4. The largest absolute Gasteiger partial charge is 0.461 e. The molecule has 1 saturated carbocycles. The van der Waals surface area contributed by atoms with Crippen molar-refractivity contribution in [3.8, 4) is 0 Å². The van der Waals surface area contributed by atoms with E-state index in [-0.39, 0.29) is 40.0 Å². The van der Waals surface area contributed by atoms with Gasteiger partial charge >= 0.3 is 5.97 Å². The van der Waals surface area contributed by atoms with Gasteiger partial charge in [0.1, 0.15) is 23.4 Å². The molecule has 0 bridgehead atoms. The van der Waals surface area contributed by atoms with Crippen molar-refractivity contribution in [1.82, 2.24) is 10.6 Å². The first-order chi connectivity index (χ1) is 20.2. The van der Waals surface area contributed by atoms with Crippen LogP contribution in [0.15, 0.2) is 36.4 Å². The molecule has 2 heterocycles. The quantitative estimate of drug-likeness (QED) is 0.325. The summed E-state index contributed by atoms with van der Waals surface area (Å²) in [6, 6.07) is 7.57. The fourth-order valence-electron chi connectivity index (χ4n) is 7.04. The summed E-state index contributed by atoms with van der Waals surface area (Å²) < 4.78 is 21.4. The van der Waals surface area contributed by atoms with Gasteiger partial charge in [0.15, 0.2) is 0 Å². The summed E-state index contributed by atoms with van der Waals surface area (Å²) in [7, 11) is 0. The van der Waals surface area contributed by atoms with Crippen LogP contribution in [0, 0.1) is 11.2 Å². The zero-order valence-electron chi connectivity index (χ0n) is 24.8. The number of hydrogen-bond acceptors (Lipinski definition) is 6. The predicted molar refractivity (Wildman–Crippen MR) is 165 cm³/mol. The summed E-state index contributed by atoms with van der Waals surface area (Å²) in [6.07, 6.45) is 2.64. The van der Waals surface area contributed by atoms with E-state index in [0.717, 1.165) is 0 Å². The first-order valence-electron chi connectivity index (χ1n) is 14.8. The smallest absolute Gasteiger partial charge is 0.322 e. The van der Waals surface area contributed by atoms with E-state index in [2.05, 4.69) is 36.7 Å². The summed E-state index contributed by atoms with van der Waals surface area (Å²) in [5.74, 6) is -2.66. The number of amides is 2. The first-order valence-corrected chi connectivity index (χ1v) is 15.6. The maximum atomic E-state index is 15.9. The van der Waals surface area contributed by atoms with E-state index >= 15 is 4.39 Å². The van der Waals surface area contributed by atoms with E-state index < -0.39 is 41.2 Å². The van der Waals surface area contributed by atoms with Crippen LogP contribution in [0.4, 0.5) is 10.1 Å². The molecule has 0 aromatic heterocycles. The number of esters is 1. The second-order valence-electron chi connectivity index (χ2n) is 13.3. The molecule has 2 aliphatic heterocycles. The molecule has 1 spiro atoms. The van der Waals surface area contributed by atoms with Gasteiger partial charge in [0.25, 0.3) is 0 Å². The lowest BCUT2D eigenvalue weighted by Gasteiger charge is -2.38. The molecule has 2 aromatic rings. The third kappa shape index (κ3) is 6.01. The van der Waals surface area contributed by atoms with Gasteiger partial charge < -0.3 is 26.4 Å². The molecule has 8 nitrogen and oxygen atoms in total. The molecule has 5 rings (SSSR count). The molecule has 2 amide bonds. The summed E-state index contributed by atoms with van der Waals surface area (Å²) in [5.41, 5.74) is 5.49. The number of nitrogens with one attached hydrogen (secondary N) is 3. The molecule has 5 N–H and O–H groups in total. The molecule has 5 atom stereocenters. The molecule has 0 unspecified atom stereocenters. The molecule has 232 valence electrons. The van der Waals surface area contributed by atoms with Crippen LogP contribution in [0.25, 0.3) is 0 Å². The fraction of sp³-hybridized carbons (Fsp3) is 0.531. The maximum Gasteiger partial charge on any atom is 0.322 e. The van der Waals surface area contributed by atoms with Crippen molar-refractivity contribution in [2.75, 3.05) is 5.32 Å². The van der Waals surface area contributed by atoms with Crippen molar-refractivity contribution < 1.29 is 23.5 Å². The Hall–Kier alpha value is -2.72. The van der Waals surface area contributed by atoms with E-state index in [0.29, 0.717) is 48.4 Å². The topological polar surface area (TPSA) is 123 Å². The number of benzene rings is 2.